The molecule has 3 fully saturated rings. The van der Waals surface area contributed by atoms with E-state index >= 15 is 0 Å². The minimum Gasteiger partial charge on any atom is -0.465 e. The van der Waals surface area contributed by atoms with Gasteiger partial charge in [-0.1, -0.05) is 0 Å². The Balaban J connectivity index is 1.23. The van der Waals surface area contributed by atoms with Crippen molar-refractivity contribution >= 4 is 46.8 Å². The van der Waals surface area contributed by atoms with Gasteiger partial charge in [0.05, 0.1) is 24.9 Å². The van der Waals surface area contributed by atoms with Gasteiger partial charge in [0, 0.05) is 45.3 Å². The number of rotatable bonds is 6. The molecule has 202 valence electrons. The Morgan fingerprint density at radius 2 is 1.76 bits per heavy atom. The van der Waals surface area contributed by atoms with Crippen LogP contribution in [0, 0.1) is 0 Å². The average Bonchev–Trinajstić information content (AvgIpc) is 3.68. The Morgan fingerprint density at radius 3 is 2.55 bits per heavy atom. The smallest absolute Gasteiger partial charge is 0.404 e. The van der Waals surface area contributed by atoms with E-state index in [1.807, 2.05) is 9.80 Å². The number of pyridine rings is 1. The summed E-state index contributed by atoms with van der Waals surface area (Å²) in [6.07, 6.45) is 4.12. The molecule has 0 saturated carbocycles. The first-order valence-corrected chi connectivity index (χ1v) is 12.9. The third kappa shape index (κ3) is 5.03. The molecule has 3 aromatic rings. The van der Waals surface area contributed by atoms with Crippen molar-refractivity contribution in [3.05, 3.63) is 18.0 Å². The highest BCUT2D eigenvalue weighted by Gasteiger charge is 2.28. The molecule has 0 aliphatic carbocycles. The van der Waals surface area contributed by atoms with Crippen LogP contribution in [0.3, 0.4) is 0 Å². The van der Waals surface area contributed by atoms with Crippen LogP contribution >= 0.6 is 0 Å². The molecule has 0 aromatic carbocycles. The van der Waals surface area contributed by atoms with E-state index in [1.54, 1.807) is 6.07 Å². The summed E-state index contributed by atoms with van der Waals surface area (Å²) in [6.45, 7) is 5.27. The number of nitrogens with one attached hydrogen (secondary N) is 2. The molecule has 2 amide bonds. The van der Waals surface area contributed by atoms with Crippen LogP contribution in [-0.4, -0.2) is 90.6 Å². The summed E-state index contributed by atoms with van der Waals surface area (Å²) in [4.78, 5) is 43.9. The van der Waals surface area contributed by atoms with Crippen molar-refractivity contribution in [2.75, 3.05) is 72.5 Å². The van der Waals surface area contributed by atoms with Crippen molar-refractivity contribution < 1.29 is 28.3 Å². The maximum Gasteiger partial charge on any atom is 0.404 e. The molecule has 6 rings (SSSR count). The highest BCUT2D eigenvalue weighted by molar-refractivity contribution is 6.05. The van der Waals surface area contributed by atoms with Crippen molar-refractivity contribution in [2.24, 2.45) is 0 Å². The summed E-state index contributed by atoms with van der Waals surface area (Å²) in [5.41, 5.74) is 1.61. The molecular weight excluding hydrogens is 496 g/mol. The van der Waals surface area contributed by atoms with Gasteiger partial charge in [0.25, 0.3) is 17.9 Å². The number of anilines is 4. The maximum atomic E-state index is 13.2. The molecule has 38 heavy (non-hydrogen) atoms. The number of hydrogen-bond acceptors (Lipinski definition) is 11. The molecule has 1 unspecified atom stereocenters. The predicted octanol–water partition coefficient (Wildman–Crippen LogP) is 2.14. The number of aromatic nitrogens is 3. The third-order valence-electron chi connectivity index (χ3n) is 7.05. The molecule has 0 spiro atoms. The van der Waals surface area contributed by atoms with Crippen LogP contribution in [0.5, 0.6) is 0 Å². The van der Waals surface area contributed by atoms with Gasteiger partial charge in [0.2, 0.25) is 5.65 Å². The Kier molecular flexibility index (Phi) is 6.62. The number of amides is 2. The molecular formula is C24H30N8O6. The quantitative estimate of drug-likeness (QED) is 0.430. The van der Waals surface area contributed by atoms with E-state index in [1.165, 1.54) is 6.26 Å². The lowest BCUT2D eigenvalue weighted by atomic mass is 10.1. The molecule has 3 saturated heterocycles. The molecule has 14 nitrogen and oxygen atoms in total. The second kappa shape index (κ2) is 10.4. The number of fused-ring (bicyclic) bond motifs is 1. The summed E-state index contributed by atoms with van der Waals surface area (Å²) >= 11 is 0. The Hall–Kier alpha value is -4.07. The van der Waals surface area contributed by atoms with Gasteiger partial charge in [0.1, 0.15) is 6.26 Å². The van der Waals surface area contributed by atoms with E-state index in [0.29, 0.717) is 74.6 Å². The second-order valence-corrected chi connectivity index (χ2v) is 9.68. The number of ether oxygens (including phenoxy) is 1. The predicted molar refractivity (Wildman–Crippen MR) is 137 cm³/mol. The topological polar surface area (TPSA) is 162 Å². The Morgan fingerprint density at radius 1 is 0.947 bits per heavy atom. The van der Waals surface area contributed by atoms with E-state index in [2.05, 4.69) is 25.5 Å². The molecule has 3 aliphatic heterocycles. The van der Waals surface area contributed by atoms with Gasteiger partial charge in [-0.05, 0) is 25.7 Å². The molecule has 14 heteroatoms. The highest BCUT2D eigenvalue weighted by atomic mass is 16.5. The van der Waals surface area contributed by atoms with Crippen molar-refractivity contribution in [1.29, 1.82) is 0 Å². The molecule has 3 N–H and O–H groups in total. The number of piperidine rings is 1. The van der Waals surface area contributed by atoms with Crippen LogP contribution in [0.25, 0.3) is 11.2 Å². The molecule has 3 aromatic heterocycles. The van der Waals surface area contributed by atoms with Gasteiger partial charge < -0.3 is 44.0 Å². The molecule has 0 radical (unpaired) electrons. The summed E-state index contributed by atoms with van der Waals surface area (Å²) in [5, 5.41) is 14.4. The zero-order valence-corrected chi connectivity index (χ0v) is 20.9. The number of hydrogen-bond donors (Lipinski definition) is 3. The van der Waals surface area contributed by atoms with Gasteiger partial charge in [-0.3, -0.25) is 4.79 Å². The zero-order chi connectivity index (χ0) is 26.1. The lowest BCUT2D eigenvalue weighted by Crippen LogP contribution is -2.36. The summed E-state index contributed by atoms with van der Waals surface area (Å²) in [7, 11) is 0. The van der Waals surface area contributed by atoms with Crippen LogP contribution in [0.2, 0.25) is 0 Å². The van der Waals surface area contributed by atoms with E-state index in [0.717, 1.165) is 32.4 Å². The Labute approximate surface area is 217 Å². The molecule has 3 aliphatic rings. The monoisotopic (exact) mass is 526 g/mol. The van der Waals surface area contributed by atoms with Gasteiger partial charge in [-0.2, -0.15) is 9.97 Å². The van der Waals surface area contributed by atoms with Crippen molar-refractivity contribution in [1.82, 2.24) is 20.3 Å². The first kappa shape index (κ1) is 24.3. The van der Waals surface area contributed by atoms with E-state index in [9.17, 15) is 9.59 Å². The number of carboxylic acid groups (broad SMARTS) is 1. The van der Waals surface area contributed by atoms with Gasteiger partial charge in [-0.25, -0.2) is 9.78 Å². The lowest BCUT2D eigenvalue weighted by Gasteiger charge is -2.29. The normalized spacial score (nSPS) is 20.2. The molecule has 1 atom stereocenters. The van der Waals surface area contributed by atoms with Crippen LogP contribution in [-0.2, 0) is 4.74 Å². The number of carbonyl (C=O) groups excluding carboxylic acids is 1. The van der Waals surface area contributed by atoms with E-state index in [4.69, 9.17) is 23.7 Å². The molecule has 0 bridgehead atoms. The van der Waals surface area contributed by atoms with E-state index < -0.39 is 12.0 Å². The average molecular weight is 527 g/mol. The van der Waals surface area contributed by atoms with Crippen LogP contribution < -0.4 is 25.3 Å². The second-order valence-electron chi connectivity index (χ2n) is 9.68. The van der Waals surface area contributed by atoms with Crippen LogP contribution in [0.4, 0.5) is 28.3 Å². The van der Waals surface area contributed by atoms with Crippen molar-refractivity contribution in [3.8, 4) is 0 Å². The van der Waals surface area contributed by atoms with Gasteiger partial charge in [0.15, 0.2) is 17.1 Å². The number of nitrogens with zero attached hydrogens (tertiary/aromatic N) is 6. The lowest BCUT2D eigenvalue weighted by molar-refractivity contribution is 0.102. The minimum atomic E-state index is -1.07. The number of carbonyl (C=O) groups is 2. The van der Waals surface area contributed by atoms with Crippen LogP contribution in [0.15, 0.2) is 21.2 Å². The zero-order valence-electron chi connectivity index (χ0n) is 20.9. The van der Waals surface area contributed by atoms with Crippen molar-refractivity contribution in [2.45, 2.75) is 31.7 Å². The summed E-state index contributed by atoms with van der Waals surface area (Å²) in [6, 6.07) is 2.32. The first-order valence-electron chi connectivity index (χ1n) is 12.9. The maximum absolute atomic E-state index is 13.2. The summed E-state index contributed by atoms with van der Waals surface area (Å²) in [5.74, 6) is 0.213. The number of oxazole rings is 2. The Bertz CT molecular complexity index is 1310. The fourth-order valence-corrected chi connectivity index (χ4v) is 5.10. The fourth-order valence-electron chi connectivity index (χ4n) is 5.10. The third-order valence-corrected chi connectivity index (χ3v) is 7.05. The van der Waals surface area contributed by atoms with Gasteiger partial charge in [-0.15, -0.1) is 0 Å². The van der Waals surface area contributed by atoms with E-state index in [-0.39, 0.29) is 17.8 Å². The largest absolute Gasteiger partial charge is 0.465 e. The van der Waals surface area contributed by atoms with Gasteiger partial charge >= 0.3 is 6.09 Å². The fraction of sp³-hybridized carbons (Fsp3) is 0.542. The van der Waals surface area contributed by atoms with Crippen molar-refractivity contribution in [3.63, 3.8) is 0 Å². The standard InChI is InChI=1S/C24H30N8O6/c33-21(17-14-37-22(27-17)32-7-4-15(13-32)25-24(34)35)26-16-12-18-19(28-20(16)30-5-2-1-3-6-30)29-23(38-18)31-8-10-36-11-9-31/h12,14-15,25H,1-11,13H2,(H,26,33)(H,34,35). The molecule has 6 heterocycles. The summed E-state index contributed by atoms with van der Waals surface area (Å²) < 4.78 is 17.0. The first-order chi connectivity index (χ1) is 18.5. The SMILES string of the molecule is O=C(O)NC1CCN(c2nc(C(=O)Nc3cc4oc(N5CCOCC5)nc4nc3N3CCCCC3)co2)C1. The van der Waals surface area contributed by atoms with Crippen LogP contribution in [0.1, 0.15) is 36.2 Å². The number of morpholine rings is 1. The highest BCUT2D eigenvalue weighted by Crippen LogP contribution is 2.33. The minimum absolute atomic E-state index is 0.117.